The van der Waals surface area contributed by atoms with Gasteiger partial charge in [-0.25, -0.2) is 0 Å². The third kappa shape index (κ3) is 6.40. The summed E-state index contributed by atoms with van der Waals surface area (Å²) >= 11 is 0. The molecule has 102 valence electrons. The highest BCUT2D eigenvalue weighted by Crippen LogP contribution is 2.26. The van der Waals surface area contributed by atoms with Gasteiger partial charge in [0.1, 0.15) is 6.29 Å². The molecule has 0 saturated carbocycles. The molecule has 0 aliphatic rings. The number of rotatable bonds is 6. The van der Waals surface area contributed by atoms with Gasteiger partial charge in [-0.1, -0.05) is 0 Å². The van der Waals surface area contributed by atoms with Gasteiger partial charge in [0, 0.05) is 0 Å². The largest absolute Gasteiger partial charge is 0.556 e. The quantitative estimate of drug-likeness (QED) is 0.424. The van der Waals surface area contributed by atoms with Gasteiger partial charge in [-0.3, -0.25) is 0 Å². The second-order valence-corrected chi connectivity index (χ2v) is 10.7. The molecule has 1 unspecified atom stereocenters. The Hall–Kier alpha value is -0.106. The maximum absolute atomic E-state index is 5.99. The van der Waals surface area contributed by atoms with Crippen molar-refractivity contribution in [3.05, 3.63) is 11.3 Å². The van der Waals surface area contributed by atoms with E-state index in [1.54, 1.807) is 0 Å². The van der Waals surface area contributed by atoms with E-state index in [2.05, 4.69) is 40.4 Å². The molecular weight excluding hydrogens is 248 g/mol. The van der Waals surface area contributed by atoms with E-state index in [1.165, 1.54) is 0 Å². The fraction of sp³-hybridized carbons (Fsp3) is 0.833. The van der Waals surface area contributed by atoms with E-state index in [0.29, 0.717) is 10.5 Å². The smallest absolute Gasteiger partial charge is 0.203 e. The average Bonchev–Trinajstić information content (AvgIpc) is 2.11. The molecule has 5 heteroatoms. The lowest BCUT2D eigenvalue weighted by Crippen LogP contribution is -2.38. The third-order valence-electron chi connectivity index (χ3n) is 2.72. The van der Waals surface area contributed by atoms with Crippen LogP contribution in [0.4, 0.5) is 0 Å². The molecule has 0 rings (SSSR count). The minimum atomic E-state index is -1.56. The van der Waals surface area contributed by atoms with Gasteiger partial charge in [0.05, 0.1) is 11.4 Å². The molecular formula is C12H28O3Si2. The van der Waals surface area contributed by atoms with E-state index >= 15 is 0 Å². The minimum Gasteiger partial charge on any atom is -0.556 e. The molecule has 0 bridgehead atoms. The Morgan fingerprint density at radius 1 is 1.18 bits per heavy atom. The van der Waals surface area contributed by atoms with Gasteiger partial charge < -0.3 is 13.6 Å². The number of ether oxygens (including phenoxy) is 1. The summed E-state index contributed by atoms with van der Waals surface area (Å²) in [6.45, 7) is 16.6. The van der Waals surface area contributed by atoms with Crippen LogP contribution in [0.1, 0.15) is 34.6 Å². The lowest BCUT2D eigenvalue weighted by molar-refractivity contribution is -0.137. The number of allylic oxidation sites excluding steroid dienone is 1. The first kappa shape index (κ1) is 16.9. The highest BCUT2D eigenvalue weighted by Gasteiger charge is 2.28. The van der Waals surface area contributed by atoms with Gasteiger partial charge >= 0.3 is 0 Å². The van der Waals surface area contributed by atoms with Crippen LogP contribution in [0.3, 0.4) is 0 Å². The Morgan fingerprint density at radius 3 is 2.00 bits per heavy atom. The fourth-order valence-electron chi connectivity index (χ4n) is 1.60. The standard InChI is InChI=1S/C12H28O3Si2/c1-9(10(2)14-16)12(4,5)13-11(3)15-17(6,7)8/h11H,1-8,16H3. The van der Waals surface area contributed by atoms with Crippen molar-refractivity contribution in [1.29, 1.82) is 0 Å². The molecule has 3 nitrogen and oxygen atoms in total. The first-order valence-electron chi connectivity index (χ1n) is 6.07. The molecule has 0 aromatic rings. The number of hydrogen-bond donors (Lipinski definition) is 0. The summed E-state index contributed by atoms with van der Waals surface area (Å²) in [5.74, 6) is 0.960. The van der Waals surface area contributed by atoms with E-state index in [1.807, 2.05) is 13.8 Å². The Kier molecular flexibility index (Phi) is 6.14. The Morgan fingerprint density at radius 2 is 1.65 bits per heavy atom. The van der Waals surface area contributed by atoms with Crippen LogP contribution in [0, 0.1) is 0 Å². The molecule has 0 aromatic heterocycles. The SMILES string of the molecule is CC(O[SiH3])=C(C)C(C)(C)OC(C)O[Si](C)(C)C. The van der Waals surface area contributed by atoms with Crippen LogP contribution in [-0.2, 0) is 13.6 Å². The lowest BCUT2D eigenvalue weighted by Gasteiger charge is -2.33. The molecule has 0 radical (unpaired) electrons. The van der Waals surface area contributed by atoms with Crippen LogP contribution >= 0.6 is 0 Å². The zero-order valence-corrected chi connectivity index (χ0v) is 15.8. The van der Waals surface area contributed by atoms with Crippen molar-refractivity contribution in [3.8, 4) is 0 Å². The Balaban J connectivity index is 4.66. The van der Waals surface area contributed by atoms with Crippen molar-refractivity contribution in [2.45, 2.75) is 66.2 Å². The van der Waals surface area contributed by atoms with Crippen LogP contribution in [0.15, 0.2) is 11.3 Å². The van der Waals surface area contributed by atoms with E-state index in [0.717, 1.165) is 11.3 Å². The molecule has 0 aliphatic carbocycles. The zero-order valence-electron chi connectivity index (χ0n) is 12.8. The minimum absolute atomic E-state index is 0.187. The van der Waals surface area contributed by atoms with Crippen molar-refractivity contribution in [1.82, 2.24) is 0 Å². The molecule has 0 fully saturated rings. The Bertz CT molecular complexity index is 280. The first-order chi connectivity index (χ1) is 7.49. The first-order valence-corrected chi connectivity index (χ1v) is 10.3. The van der Waals surface area contributed by atoms with Crippen LogP contribution < -0.4 is 0 Å². The highest BCUT2D eigenvalue weighted by molar-refractivity contribution is 6.69. The summed E-state index contributed by atoms with van der Waals surface area (Å²) in [4.78, 5) is 0. The molecule has 0 aromatic carbocycles. The molecule has 1 atom stereocenters. The maximum Gasteiger partial charge on any atom is 0.203 e. The van der Waals surface area contributed by atoms with E-state index in [-0.39, 0.29) is 11.9 Å². The maximum atomic E-state index is 5.99. The summed E-state index contributed by atoms with van der Waals surface area (Å²) < 4.78 is 17.3. The second kappa shape index (κ2) is 6.18. The van der Waals surface area contributed by atoms with E-state index < -0.39 is 8.32 Å². The van der Waals surface area contributed by atoms with Crippen molar-refractivity contribution >= 4 is 18.8 Å². The van der Waals surface area contributed by atoms with E-state index in [9.17, 15) is 0 Å². The summed E-state index contributed by atoms with van der Waals surface area (Å²) in [5.41, 5.74) is 0.770. The molecule has 0 N–H and O–H groups in total. The van der Waals surface area contributed by atoms with Gasteiger partial charge in [0.2, 0.25) is 10.5 Å². The Labute approximate surface area is 110 Å². The molecule has 17 heavy (non-hydrogen) atoms. The van der Waals surface area contributed by atoms with Gasteiger partial charge in [-0.05, 0) is 59.8 Å². The van der Waals surface area contributed by atoms with Crippen molar-refractivity contribution in [3.63, 3.8) is 0 Å². The monoisotopic (exact) mass is 276 g/mol. The van der Waals surface area contributed by atoms with E-state index in [4.69, 9.17) is 13.6 Å². The van der Waals surface area contributed by atoms with Crippen LogP contribution in [0.25, 0.3) is 0 Å². The number of hydrogen-bond acceptors (Lipinski definition) is 3. The lowest BCUT2D eigenvalue weighted by atomic mass is 9.98. The zero-order chi connectivity index (χ0) is 13.9. The van der Waals surface area contributed by atoms with Crippen LogP contribution in [0.5, 0.6) is 0 Å². The predicted octanol–water partition coefficient (Wildman–Crippen LogP) is 2.57. The van der Waals surface area contributed by atoms with Crippen molar-refractivity contribution in [2.24, 2.45) is 0 Å². The normalized spacial score (nSPS) is 16.7. The molecule has 0 aliphatic heterocycles. The van der Waals surface area contributed by atoms with Crippen molar-refractivity contribution < 1.29 is 13.6 Å². The van der Waals surface area contributed by atoms with Crippen molar-refractivity contribution in [2.75, 3.05) is 0 Å². The molecule has 0 spiro atoms. The highest BCUT2D eigenvalue weighted by atomic mass is 28.4. The van der Waals surface area contributed by atoms with Gasteiger partial charge in [-0.15, -0.1) is 0 Å². The van der Waals surface area contributed by atoms with Gasteiger partial charge in [-0.2, -0.15) is 0 Å². The van der Waals surface area contributed by atoms with Crippen LogP contribution in [-0.4, -0.2) is 30.7 Å². The third-order valence-corrected chi connectivity index (χ3v) is 4.37. The summed E-state index contributed by atoms with van der Waals surface area (Å²) in [5, 5.41) is 0. The van der Waals surface area contributed by atoms with Gasteiger partial charge in [0.15, 0.2) is 8.32 Å². The summed E-state index contributed by atoms with van der Waals surface area (Å²) in [7, 11) is -0.847. The summed E-state index contributed by atoms with van der Waals surface area (Å²) in [6.07, 6.45) is -0.187. The molecule has 0 saturated heterocycles. The van der Waals surface area contributed by atoms with Crippen LogP contribution in [0.2, 0.25) is 19.6 Å². The summed E-state index contributed by atoms with van der Waals surface area (Å²) in [6, 6.07) is 0. The molecule has 0 amide bonds. The average molecular weight is 277 g/mol. The molecule has 0 heterocycles. The van der Waals surface area contributed by atoms with Gasteiger partial charge in [0.25, 0.3) is 0 Å². The fourth-order valence-corrected chi connectivity index (χ4v) is 2.95. The predicted molar refractivity (Wildman–Crippen MR) is 78.5 cm³/mol. The topological polar surface area (TPSA) is 27.7 Å². The second-order valence-electron chi connectivity index (χ2n) is 5.81.